The Kier molecular flexibility index (Phi) is 5.11. The molecule has 0 radical (unpaired) electrons. The number of nitrogens with one attached hydrogen (secondary N) is 1. The monoisotopic (exact) mass is 223 g/mol. The van der Waals surface area contributed by atoms with Gasteiger partial charge in [0.1, 0.15) is 0 Å². The number of amides is 1. The summed E-state index contributed by atoms with van der Waals surface area (Å²) in [5.74, 6) is 0.340. The molecule has 0 bridgehead atoms. The summed E-state index contributed by atoms with van der Waals surface area (Å²) in [6.07, 6.45) is 3.85. The zero-order chi connectivity index (χ0) is 11.8. The average molecular weight is 223 g/mol. The van der Waals surface area contributed by atoms with Crippen molar-refractivity contribution in [3.8, 4) is 5.88 Å². The zero-order valence-corrected chi connectivity index (χ0v) is 9.40. The minimum absolute atomic E-state index is 0.245. The van der Waals surface area contributed by atoms with Crippen LogP contribution in [0.3, 0.4) is 0 Å². The van der Waals surface area contributed by atoms with Crippen LogP contribution in [0.25, 0.3) is 0 Å². The van der Waals surface area contributed by atoms with Crippen molar-refractivity contribution in [1.29, 1.82) is 0 Å². The summed E-state index contributed by atoms with van der Waals surface area (Å²) in [6.45, 7) is 0.806. The molecule has 0 spiro atoms. The van der Waals surface area contributed by atoms with E-state index in [-0.39, 0.29) is 5.91 Å². The molecule has 0 aromatic carbocycles. The van der Waals surface area contributed by atoms with Crippen LogP contribution in [0.1, 0.15) is 19.3 Å². The van der Waals surface area contributed by atoms with Gasteiger partial charge in [0.15, 0.2) is 0 Å². The molecule has 16 heavy (non-hydrogen) atoms. The Balaban J connectivity index is 2.23. The Hall–Kier alpha value is -1.78. The molecule has 5 heteroatoms. The number of carbonyl (C=O) groups is 1. The van der Waals surface area contributed by atoms with Crippen molar-refractivity contribution in [2.75, 3.05) is 19.0 Å². The lowest BCUT2D eigenvalue weighted by molar-refractivity contribution is -0.118. The molecule has 1 aromatic heterocycles. The van der Waals surface area contributed by atoms with Crippen LogP contribution < -0.4 is 15.8 Å². The number of primary amides is 1. The third-order valence-corrected chi connectivity index (χ3v) is 2.12. The highest BCUT2D eigenvalue weighted by atomic mass is 16.5. The van der Waals surface area contributed by atoms with Gasteiger partial charge in [0.25, 0.3) is 0 Å². The van der Waals surface area contributed by atoms with Gasteiger partial charge >= 0.3 is 0 Å². The summed E-state index contributed by atoms with van der Waals surface area (Å²) in [5.41, 5.74) is 6.00. The van der Waals surface area contributed by atoms with E-state index in [0.717, 1.165) is 25.1 Å². The van der Waals surface area contributed by atoms with E-state index in [4.69, 9.17) is 10.5 Å². The number of aromatic nitrogens is 1. The van der Waals surface area contributed by atoms with E-state index in [2.05, 4.69) is 10.3 Å². The molecule has 88 valence electrons. The van der Waals surface area contributed by atoms with Crippen molar-refractivity contribution >= 4 is 11.6 Å². The van der Waals surface area contributed by atoms with Crippen LogP contribution in [-0.2, 0) is 4.79 Å². The molecule has 0 fully saturated rings. The van der Waals surface area contributed by atoms with E-state index in [1.54, 1.807) is 13.3 Å². The van der Waals surface area contributed by atoms with Crippen LogP contribution in [0.4, 0.5) is 5.69 Å². The Bertz CT molecular complexity index is 342. The number of anilines is 1. The number of rotatable bonds is 7. The van der Waals surface area contributed by atoms with Gasteiger partial charge in [-0.3, -0.25) is 4.79 Å². The van der Waals surface area contributed by atoms with Crippen molar-refractivity contribution in [1.82, 2.24) is 4.98 Å². The van der Waals surface area contributed by atoms with E-state index in [1.807, 2.05) is 12.1 Å². The molecule has 0 saturated carbocycles. The summed E-state index contributed by atoms with van der Waals surface area (Å²) in [4.78, 5) is 14.5. The summed E-state index contributed by atoms with van der Waals surface area (Å²) in [7, 11) is 1.58. The summed E-state index contributed by atoms with van der Waals surface area (Å²) in [5, 5.41) is 3.22. The number of methoxy groups -OCH3 is 1. The standard InChI is InChI=1S/C11H17N3O2/c1-16-11-8-9(5-7-14-11)13-6-3-2-4-10(12)15/h5,7-8H,2-4,6H2,1H3,(H2,12,15)(H,13,14). The number of unbranched alkanes of at least 4 members (excludes halogenated alkanes) is 1. The largest absolute Gasteiger partial charge is 0.481 e. The van der Waals surface area contributed by atoms with E-state index in [9.17, 15) is 4.79 Å². The second kappa shape index (κ2) is 6.66. The van der Waals surface area contributed by atoms with Gasteiger partial charge in [-0.2, -0.15) is 0 Å². The molecule has 0 aliphatic rings. The van der Waals surface area contributed by atoms with Crippen LogP contribution in [0, 0.1) is 0 Å². The molecule has 1 rings (SSSR count). The number of pyridine rings is 1. The van der Waals surface area contributed by atoms with Gasteiger partial charge in [-0.05, 0) is 18.9 Å². The highest BCUT2D eigenvalue weighted by molar-refractivity contribution is 5.73. The first-order valence-electron chi connectivity index (χ1n) is 5.24. The fourth-order valence-electron chi connectivity index (χ4n) is 1.29. The molecule has 1 heterocycles. The van der Waals surface area contributed by atoms with Crippen LogP contribution in [0.2, 0.25) is 0 Å². The number of carbonyl (C=O) groups excluding carboxylic acids is 1. The van der Waals surface area contributed by atoms with Crippen molar-refractivity contribution < 1.29 is 9.53 Å². The summed E-state index contributed by atoms with van der Waals surface area (Å²) in [6, 6.07) is 3.70. The van der Waals surface area contributed by atoms with Crippen LogP contribution >= 0.6 is 0 Å². The van der Waals surface area contributed by atoms with E-state index in [0.29, 0.717) is 12.3 Å². The zero-order valence-electron chi connectivity index (χ0n) is 9.40. The normalized spacial score (nSPS) is 9.81. The van der Waals surface area contributed by atoms with Crippen molar-refractivity contribution in [2.45, 2.75) is 19.3 Å². The van der Waals surface area contributed by atoms with Crippen molar-refractivity contribution in [3.63, 3.8) is 0 Å². The fourth-order valence-corrected chi connectivity index (χ4v) is 1.29. The molecular weight excluding hydrogens is 206 g/mol. The molecule has 0 saturated heterocycles. The molecular formula is C11H17N3O2. The molecule has 1 amide bonds. The Labute approximate surface area is 95.0 Å². The lowest BCUT2D eigenvalue weighted by Gasteiger charge is -2.06. The maximum absolute atomic E-state index is 10.5. The molecule has 0 unspecified atom stereocenters. The average Bonchev–Trinajstić information content (AvgIpc) is 2.28. The quantitative estimate of drug-likeness (QED) is 0.680. The van der Waals surface area contributed by atoms with E-state index < -0.39 is 0 Å². The Morgan fingerprint density at radius 1 is 1.56 bits per heavy atom. The van der Waals surface area contributed by atoms with Gasteiger partial charge in [-0.1, -0.05) is 0 Å². The minimum atomic E-state index is -0.245. The lowest BCUT2D eigenvalue weighted by Crippen LogP contribution is -2.10. The number of nitrogens with zero attached hydrogens (tertiary/aromatic N) is 1. The van der Waals surface area contributed by atoms with Gasteiger partial charge in [0, 0.05) is 30.9 Å². The lowest BCUT2D eigenvalue weighted by atomic mass is 10.2. The minimum Gasteiger partial charge on any atom is -0.481 e. The van der Waals surface area contributed by atoms with Crippen LogP contribution in [0.5, 0.6) is 5.88 Å². The van der Waals surface area contributed by atoms with Gasteiger partial charge < -0.3 is 15.8 Å². The van der Waals surface area contributed by atoms with Gasteiger partial charge in [-0.25, -0.2) is 4.98 Å². The smallest absolute Gasteiger partial charge is 0.217 e. The van der Waals surface area contributed by atoms with Crippen molar-refractivity contribution in [3.05, 3.63) is 18.3 Å². The number of ether oxygens (including phenoxy) is 1. The molecule has 1 aromatic rings. The second-order valence-corrected chi connectivity index (χ2v) is 3.44. The third kappa shape index (κ3) is 4.63. The second-order valence-electron chi connectivity index (χ2n) is 3.44. The predicted molar refractivity (Wildman–Crippen MR) is 62.3 cm³/mol. The first kappa shape index (κ1) is 12.3. The van der Waals surface area contributed by atoms with E-state index in [1.165, 1.54) is 0 Å². The van der Waals surface area contributed by atoms with Gasteiger partial charge in [-0.15, -0.1) is 0 Å². The van der Waals surface area contributed by atoms with Gasteiger partial charge in [0.05, 0.1) is 7.11 Å². The number of hydrogen-bond donors (Lipinski definition) is 2. The highest BCUT2D eigenvalue weighted by Gasteiger charge is 1.97. The molecule has 5 nitrogen and oxygen atoms in total. The third-order valence-electron chi connectivity index (χ3n) is 2.12. The molecule has 0 aliphatic carbocycles. The first-order chi connectivity index (χ1) is 7.72. The summed E-state index contributed by atoms with van der Waals surface area (Å²) < 4.78 is 5.00. The SMILES string of the molecule is COc1cc(NCCCCC(N)=O)ccn1. The number of hydrogen-bond acceptors (Lipinski definition) is 4. The maximum atomic E-state index is 10.5. The molecule has 0 aliphatic heterocycles. The molecule has 3 N–H and O–H groups in total. The van der Waals surface area contributed by atoms with Crippen molar-refractivity contribution in [2.24, 2.45) is 5.73 Å². The topological polar surface area (TPSA) is 77.2 Å². The van der Waals surface area contributed by atoms with Crippen LogP contribution in [-0.4, -0.2) is 24.5 Å². The Morgan fingerprint density at radius 2 is 2.38 bits per heavy atom. The predicted octanol–water partition coefficient (Wildman–Crippen LogP) is 1.16. The number of nitrogens with two attached hydrogens (primary N) is 1. The summed E-state index contributed by atoms with van der Waals surface area (Å²) >= 11 is 0. The van der Waals surface area contributed by atoms with Crippen LogP contribution in [0.15, 0.2) is 18.3 Å². The van der Waals surface area contributed by atoms with Gasteiger partial charge in [0.2, 0.25) is 11.8 Å². The molecule has 0 atom stereocenters. The Morgan fingerprint density at radius 3 is 3.06 bits per heavy atom. The highest BCUT2D eigenvalue weighted by Crippen LogP contribution is 2.13. The fraction of sp³-hybridized carbons (Fsp3) is 0.455. The first-order valence-corrected chi connectivity index (χ1v) is 5.24. The maximum Gasteiger partial charge on any atom is 0.217 e. The van der Waals surface area contributed by atoms with E-state index >= 15 is 0 Å².